The van der Waals surface area contributed by atoms with E-state index < -0.39 is 11.6 Å². The monoisotopic (exact) mass is 251 g/mol. The van der Waals surface area contributed by atoms with Gasteiger partial charge in [-0.05, 0) is 37.6 Å². The Balaban J connectivity index is 2.07. The highest BCUT2D eigenvalue weighted by Gasteiger charge is 2.13. The van der Waals surface area contributed by atoms with Crippen LogP contribution in [0, 0.1) is 11.6 Å². The van der Waals surface area contributed by atoms with Gasteiger partial charge in [0.25, 0.3) is 0 Å². The van der Waals surface area contributed by atoms with E-state index in [0.717, 1.165) is 11.8 Å². The van der Waals surface area contributed by atoms with Crippen LogP contribution in [0.1, 0.15) is 37.2 Å². The first-order valence-electron chi connectivity index (χ1n) is 5.78. The quantitative estimate of drug-likeness (QED) is 0.876. The number of halogens is 2. The van der Waals surface area contributed by atoms with Gasteiger partial charge in [-0.3, -0.25) is 5.10 Å². The number of H-pyrrole nitrogens is 1. The van der Waals surface area contributed by atoms with Crippen molar-refractivity contribution in [3.63, 3.8) is 0 Å². The molecular weight excluding hydrogens is 236 g/mol. The van der Waals surface area contributed by atoms with Crippen LogP contribution in [0.4, 0.5) is 8.78 Å². The first-order chi connectivity index (χ1) is 8.58. The maximum Gasteiger partial charge on any atom is 0.159 e. The van der Waals surface area contributed by atoms with Crippen molar-refractivity contribution in [2.24, 2.45) is 0 Å². The zero-order valence-corrected chi connectivity index (χ0v) is 10.2. The molecule has 0 aliphatic rings. The molecule has 0 saturated carbocycles. The molecule has 0 aliphatic carbocycles. The molecule has 0 spiro atoms. The molecule has 0 bridgehead atoms. The second kappa shape index (κ2) is 5.27. The van der Waals surface area contributed by atoms with Gasteiger partial charge in [0.05, 0.1) is 5.69 Å². The third-order valence-electron chi connectivity index (χ3n) is 2.93. The zero-order valence-electron chi connectivity index (χ0n) is 10.2. The van der Waals surface area contributed by atoms with Crippen LogP contribution in [0.2, 0.25) is 0 Å². The molecule has 2 unspecified atom stereocenters. The lowest BCUT2D eigenvalue weighted by molar-refractivity contribution is 0.474. The van der Waals surface area contributed by atoms with Crippen molar-refractivity contribution in [1.29, 1.82) is 0 Å². The van der Waals surface area contributed by atoms with Gasteiger partial charge < -0.3 is 5.32 Å². The number of aromatic nitrogens is 2. The summed E-state index contributed by atoms with van der Waals surface area (Å²) in [5, 5.41) is 10.0. The molecule has 0 radical (unpaired) electrons. The number of rotatable bonds is 4. The summed E-state index contributed by atoms with van der Waals surface area (Å²) in [6.45, 7) is 3.88. The minimum atomic E-state index is -0.826. The Bertz CT molecular complexity index is 511. The summed E-state index contributed by atoms with van der Waals surface area (Å²) in [6.07, 6.45) is 1.68. The highest BCUT2D eigenvalue weighted by atomic mass is 19.2. The van der Waals surface area contributed by atoms with E-state index in [2.05, 4.69) is 15.5 Å². The molecule has 0 saturated heterocycles. The van der Waals surface area contributed by atoms with E-state index in [-0.39, 0.29) is 12.1 Å². The summed E-state index contributed by atoms with van der Waals surface area (Å²) in [5.41, 5.74) is 1.66. The number of nitrogens with one attached hydrogen (secondary N) is 2. The van der Waals surface area contributed by atoms with Crippen LogP contribution in [-0.4, -0.2) is 10.2 Å². The fraction of sp³-hybridized carbons (Fsp3) is 0.308. The first kappa shape index (κ1) is 12.7. The largest absolute Gasteiger partial charge is 0.302 e. The number of nitrogens with zero attached hydrogens (tertiary/aromatic N) is 1. The molecule has 0 fully saturated rings. The molecule has 2 aromatic rings. The maximum absolute atomic E-state index is 13.1. The summed E-state index contributed by atoms with van der Waals surface area (Å²) >= 11 is 0. The van der Waals surface area contributed by atoms with Gasteiger partial charge in [0, 0.05) is 18.3 Å². The molecule has 1 heterocycles. The lowest BCUT2D eigenvalue weighted by atomic mass is 10.1. The van der Waals surface area contributed by atoms with E-state index in [4.69, 9.17) is 0 Å². The Kier molecular flexibility index (Phi) is 3.72. The van der Waals surface area contributed by atoms with Crippen molar-refractivity contribution in [1.82, 2.24) is 15.5 Å². The molecule has 2 atom stereocenters. The van der Waals surface area contributed by atoms with Gasteiger partial charge in [-0.15, -0.1) is 0 Å². The highest BCUT2D eigenvalue weighted by Crippen LogP contribution is 2.19. The van der Waals surface area contributed by atoms with Gasteiger partial charge in [-0.1, -0.05) is 6.07 Å². The van der Waals surface area contributed by atoms with Gasteiger partial charge in [0.15, 0.2) is 11.6 Å². The van der Waals surface area contributed by atoms with Crippen molar-refractivity contribution in [2.45, 2.75) is 25.9 Å². The molecule has 5 heteroatoms. The fourth-order valence-corrected chi connectivity index (χ4v) is 1.85. The summed E-state index contributed by atoms with van der Waals surface area (Å²) in [6, 6.07) is 5.77. The lowest BCUT2D eigenvalue weighted by Crippen LogP contribution is -2.23. The van der Waals surface area contributed by atoms with Gasteiger partial charge in [-0.2, -0.15) is 5.10 Å². The normalized spacial score (nSPS) is 14.4. The predicted octanol–water partition coefficient (Wildman–Crippen LogP) is 3.10. The molecule has 1 aromatic carbocycles. The Labute approximate surface area is 104 Å². The average molecular weight is 251 g/mol. The van der Waals surface area contributed by atoms with Crippen molar-refractivity contribution in [3.05, 3.63) is 53.4 Å². The Morgan fingerprint density at radius 3 is 2.50 bits per heavy atom. The van der Waals surface area contributed by atoms with Crippen LogP contribution in [0.15, 0.2) is 30.5 Å². The summed E-state index contributed by atoms with van der Waals surface area (Å²) < 4.78 is 26.0. The number of benzene rings is 1. The lowest BCUT2D eigenvalue weighted by Gasteiger charge is -2.19. The fourth-order valence-electron chi connectivity index (χ4n) is 1.85. The van der Waals surface area contributed by atoms with Gasteiger partial charge >= 0.3 is 0 Å². The Hall–Kier alpha value is -1.75. The molecule has 2 N–H and O–H groups in total. The SMILES string of the molecule is CC(NC(C)c1ccn[nH]1)c1ccc(F)c(F)c1. The Morgan fingerprint density at radius 1 is 1.11 bits per heavy atom. The molecule has 0 aliphatic heterocycles. The van der Waals surface area contributed by atoms with E-state index in [1.165, 1.54) is 6.07 Å². The highest BCUT2D eigenvalue weighted by molar-refractivity contribution is 5.21. The van der Waals surface area contributed by atoms with Gasteiger partial charge in [0.1, 0.15) is 0 Å². The van der Waals surface area contributed by atoms with Gasteiger partial charge in [-0.25, -0.2) is 8.78 Å². The molecule has 18 heavy (non-hydrogen) atoms. The molecular formula is C13H15F2N3. The molecule has 1 aromatic heterocycles. The predicted molar refractivity (Wildman–Crippen MR) is 64.9 cm³/mol. The molecule has 96 valence electrons. The van der Waals surface area contributed by atoms with E-state index in [0.29, 0.717) is 5.56 Å². The van der Waals surface area contributed by atoms with Crippen LogP contribution in [0.3, 0.4) is 0 Å². The number of hydrogen-bond donors (Lipinski definition) is 2. The standard InChI is InChI=1S/C13H15F2N3/c1-8(10-3-4-11(14)12(15)7-10)17-9(2)13-5-6-16-18-13/h3-9,17H,1-2H3,(H,16,18). The minimum Gasteiger partial charge on any atom is -0.302 e. The third kappa shape index (κ3) is 2.73. The number of hydrogen-bond acceptors (Lipinski definition) is 2. The Morgan fingerprint density at radius 2 is 1.89 bits per heavy atom. The topological polar surface area (TPSA) is 40.7 Å². The van der Waals surface area contributed by atoms with Crippen LogP contribution >= 0.6 is 0 Å². The van der Waals surface area contributed by atoms with E-state index >= 15 is 0 Å². The summed E-state index contributed by atoms with van der Waals surface area (Å²) in [5.74, 6) is -1.65. The first-order valence-corrected chi connectivity index (χ1v) is 5.78. The summed E-state index contributed by atoms with van der Waals surface area (Å²) in [4.78, 5) is 0. The molecule has 3 nitrogen and oxygen atoms in total. The maximum atomic E-state index is 13.1. The average Bonchev–Trinajstić information content (AvgIpc) is 2.86. The molecule has 0 amide bonds. The van der Waals surface area contributed by atoms with Crippen molar-refractivity contribution < 1.29 is 8.78 Å². The molecule has 2 rings (SSSR count). The van der Waals surface area contributed by atoms with Crippen LogP contribution < -0.4 is 5.32 Å². The van der Waals surface area contributed by atoms with Crippen LogP contribution in [0.5, 0.6) is 0 Å². The van der Waals surface area contributed by atoms with Crippen molar-refractivity contribution >= 4 is 0 Å². The minimum absolute atomic E-state index is 0.0515. The summed E-state index contributed by atoms with van der Waals surface area (Å²) in [7, 11) is 0. The van der Waals surface area contributed by atoms with Crippen LogP contribution in [-0.2, 0) is 0 Å². The van der Waals surface area contributed by atoms with E-state index in [9.17, 15) is 8.78 Å². The van der Waals surface area contributed by atoms with Crippen molar-refractivity contribution in [2.75, 3.05) is 0 Å². The smallest absolute Gasteiger partial charge is 0.159 e. The van der Waals surface area contributed by atoms with Crippen molar-refractivity contribution in [3.8, 4) is 0 Å². The van der Waals surface area contributed by atoms with Gasteiger partial charge in [0.2, 0.25) is 0 Å². The zero-order chi connectivity index (χ0) is 13.1. The number of aromatic amines is 1. The third-order valence-corrected chi connectivity index (χ3v) is 2.93. The van der Waals surface area contributed by atoms with E-state index in [1.54, 1.807) is 12.3 Å². The second-order valence-corrected chi connectivity index (χ2v) is 4.30. The second-order valence-electron chi connectivity index (χ2n) is 4.30. The van der Waals surface area contributed by atoms with E-state index in [1.807, 2.05) is 19.9 Å². The van der Waals surface area contributed by atoms with Crippen LogP contribution in [0.25, 0.3) is 0 Å².